The number of rotatable bonds is 6. The van der Waals surface area contributed by atoms with Crippen molar-refractivity contribution in [1.82, 2.24) is 0 Å². The summed E-state index contributed by atoms with van der Waals surface area (Å²) in [5.41, 5.74) is 7.33. The van der Waals surface area contributed by atoms with Crippen LogP contribution in [0, 0.1) is 0 Å². The van der Waals surface area contributed by atoms with Crippen molar-refractivity contribution >= 4 is 16.6 Å². The van der Waals surface area contributed by atoms with Crippen LogP contribution < -0.4 is 8.85 Å². The number of fused-ring (bicyclic) bond motifs is 3. The zero-order valence-electron chi connectivity index (χ0n) is 21.6. The maximum atomic E-state index is 6.29. The van der Waals surface area contributed by atoms with Gasteiger partial charge in [-0.3, -0.25) is 0 Å². The number of hydrogen-bond donors (Lipinski definition) is 0. The average molecular weight is 495 g/mol. The Morgan fingerprint density at radius 1 is 0.457 bits per heavy atom. The fourth-order valence-corrected chi connectivity index (χ4v) is 6.96. The van der Waals surface area contributed by atoms with E-state index in [0.29, 0.717) is 0 Å². The van der Waals surface area contributed by atoms with Gasteiger partial charge in [-0.15, -0.1) is 0 Å². The van der Waals surface area contributed by atoms with Gasteiger partial charge >= 0.3 is 0 Å². The molecule has 0 aliphatic heterocycles. The van der Waals surface area contributed by atoms with E-state index >= 15 is 0 Å². The van der Waals surface area contributed by atoms with E-state index in [1.807, 2.05) is 0 Å². The Balaban J connectivity index is 1.73. The fourth-order valence-electron chi connectivity index (χ4n) is 5.28. The average Bonchev–Trinajstić information content (AvgIpc) is 3.10. The van der Waals surface area contributed by atoms with E-state index in [1.165, 1.54) is 33.4 Å². The minimum absolute atomic E-state index is 0.400. The van der Waals surface area contributed by atoms with Crippen LogP contribution in [0.3, 0.4) is 0 Å². The summed E-state index contributed by atoms with van der Waals surface area (Å²) in [7, 11) is -3.36. The van der Waals surface area contributed by atoms with Crippen LogP contribution in [-0.2, 0) is 5.41 Å². The van der Waals surface area contributed by atoms with Crippen LogP contribution in [0.5, 0.6) is 11.5 Å². The molecular formula is C31H34O2Si2. The van der Waals surface area contributed by atoms with Gasteiger partial charge < -0.3 is 8.85 Å². The molecule has 0 bridgehead atoms. The first kappa shape index (κ1) is 23.6. The smallest absolute Gasteiger partial charge is 0.242 e. The molecule has 5 rings (SSSR count). The van der Waals surface area contributed by atoms with Gasteiger partial charge in [0.15, 0.2) is 0 Å². The lowest BCUT2D eigenvalue weighted by Gasteiger charge is -2.34. The van der Waals surface area contributed by atoms with Gasteiger partial charge in [-0.25, -0.2) is 0 Å². The van der Waals surface area contributed by atoms with Gasteiger partial charge in [0, 0.05) is 0 Å². The van der Waals surface area contributed by atoms with Crippen LogP contribution in [-0.4, -0.2) is 16.6 Å². The van der Waals surface area contributed by atoms with Gasteiger partial charge in [0.2, 0.25) is 16.6 Å². The molecule has 0 saturated carbocycles. The third kappa shape index (κ3) is 4.37. The maximum absolute atomic E-state index is 6.29. The summed E-state index contributed by atoms with van der Waals surface area (Å²) >= 11 is 0. The highest BCUT2D eigenvalue weighted by Gasteiger charge is 2.45. The Hall–Kier alpha value is -3.09. The van der Waals surface area contributed by atoms with Gasteiger partial charge in [-0.2, -0.15) is 0 Å². The molecule has 0 N–H and O–H groups in total. The molecule has 4 heteroatoms. The predicted molar refractivity (Wildman–Crippen MR) is 152 cm³/mol. The first-order valence-electron chi connectivity index (χ1n) is 12.4. The predicted octanol–water partition coefficient (Wildman–Crippen LogP) is 8.48. The Morgan fingerprint density at radius 3 is 1.14 bits per heavy atom. The van der Waals surface area contributed by atoms with E-state index < -0.39 is 22.0 Å². The molecule has 0 amide bonds. The highest BCUT2D eigenvalue weighted by atomic mass is 28.4. The molecule has 0 unspecified atom stereocenters. The molecule has 4 aromatic rings. The van der Waals surface area contributed by atoms with E-state index in [9.17, 15) is 0 Å². The zero-order valence-corrected chi connectivity index (χ0v) is 23.6. The van der Waals surface area contributed by atoms with E-state index in [4.69, 9.17) is 8.85 Å². The van der Waals surface area contributed by atoms with E-state index in [-0.39, 0.29) is 0 Å². The normalized spacial score (nSPS) is 14.2. The second-order valence-corrected chi connectivity index (χ2v) is 20.2. The molecule has 1 aliphatic rings. The second kappa shape index (κ2) is 8.54. The van der Waals surface area contributed by atoms with Crippen molar-refractivity contribution in [3.8, 4) is 22.6 Å². The van der Waals surface area contributed by atoms with Crippen LogP contribution in [0.2, 0.25) is 39.3 Å². The topological polar surface area (TPSA) is 18.5 Å². The molecule has 4 aromatic carbocycles. The lowest BCUT2D eigenvalue weighted by Crippen LogP contribution is -2.30. The molecule has 2 nitrogen and oxygen atoms in total. The summed E-state index contributed by atoms with van der Waals surface area (Å²) < 4.78 is 12.6. The summed E-state index contributed by atoms with van der Waals surface area (Å²) in [6.45, 7) is 13.3. The zero-order chi connectivity index (χ0) is 24.8. The molecule has 0 radical (unpaired) electrons. The minimum Gasteiger partial charge on any atom is -0.544 e. The van der Waals surface area contributed by atoms with Crippen molar-refractivity contribution in [1.29, 1.82) is 0 Å². The second-order valence-electron chi connectivity index (χ2n) is 11.3. The van der Waals surface area contributed by atoms with Crippen molar-refractivity contribution in [3.05, 3.63) is 119 Å². The van der Waals surface area contributed by atoms with E-state index in [0.717, 1.165) is 11.5 Å². The van der Waals surface area contributed by atoms with Crippen molar-refractivity contribution in [3.63, 3.8) is 0 Å². The minimum atomic E-state index is -1.68. The summed E-state index contributed by atoms with van der Waals surface area (Å²) in [6.07, 6.45) is 0. The summed E-state index contributed by atoms with van der Waals surface area (Å²) in [5.74, 6) is 1.89. The van der Waals surface area contributed by atoms with Gasteiger partial charge in [0.05, 0.1) is 5.41 Å². The van der Waals surface area contributed by atoms with Crippen molar-refractivity contribution in [2.45, 2.75) is 44.7 Å². The number of benzene rings is 4. The highest BCUT2D eigenvalue weighted by molar-refractivity contribution is 6.70. The summed E-state index contributed by atoms with van der Waals surface area (Å²) in [4.78, 5) is 0. The van der Waals surface area contributed by atoms with Crippen LogP contribution in [0.25, 0.3) is 11.1 Å². The third-order valence-corrected chi connectivity index (χ3v) is 8.07. The van der Waals surface area contributed by atoms with Gasteiger partial charge in [0.1, 0.15) is 11.5 Å². The van der Waals surface area contributed by atoms with Gasteiger partial charge in [0.25, 0.3) is 0 Å². The largest absolute Gasteiger partial charge is 0.544 e. The van der Waals surface area contributed by atoms with Crippen molar-refractivity contribution in [2.75, 3.05) is 0 Å². The lowest BCUT2D eigenvalue weighted by atomic mass is 9.68. The third-order valence-electron chi connectivity index (χ3n) is 6.38. The summed E-state index contributed by atoms with van der Waals surface area (Å²) in [6, 6.07) is 35.2. The Morgan fingerprint density at radius 2 is 0.800 bits per heavy atom. The Labute approximate surface area is 211 Å². The fraction of sp³-hybridized carbons (Fsp3) is 0.226. The standard InChI is InChI=1S/C31H34O2Si2/c1-34(2,3)32-25-19-15-23(16-20-25)31(24-17-21-26(22-18-24)33-35(4,5)6)29-13-9-7-11-27(29)28-12-8-10-14-30(28)31/h7-22H,1-6H3. The van der Waals surface area contributed by atoms with Crippen LogP contribution in [0.4, 0.5) is 0 Å². The first-order valence-corrected chi connectivity index (χ1v) is 19.2. The van der Waals surface area contributed by atoms with Gasteiger partial charge in [-0.05, 0) is 96.9 Å². The highest BCUT2D eigenvalue weighted by Crippen LogP contribution is 2.56. The lowest BCUT2D eigenvalue weighted by molar-refractivity contribution is 0.556. The maximum Gasteiger partial charge on any atom is 0.242 e. The Bertz CT molecular complexity index is 1240. The molecule has 0 saturated heterocycles. The summed E-state index contributed by atoms with van der Waals surface area (Å²) in [5, 5.41) is 0. The van der Waals surface area contributed by atoms with Crippen LogP contribution in [0.15, 0.2) is 97.1 Å². The van der Waals surface area contributed by atoms with Gasteiger partial charge in [-0.1, -0.05) is 72.8 Å². The van der Waals surface area contributed by atoms with E-state index in [2.05, 4.69) is 136 Å². The molecule has 0 fully saturated rings. The quantitative estimate of drug-likeness (QED) is 0.220. The van der Waals surface area contributed by atoms with Crippen LogP contribution in [0.1, 0.15) is 22.3 Å². The Kier molecular flexibility index (Phi) is 5.77. The molecule has 0 aromatic heterocycles. The molecule has 0 spiro atoms. The monoisotopic (exact) mass is 494 g/mol. The van der Waals surface area contributed by atoms with Crippen molar-refractivity contribution in [2.24, 2.45) is 0 Å². The molecule has 178 valence electrons. The number of hydrogen-bond acceptors (Lipinski definition) is 2. The molecule has 1 aliphatic carbocycles. The molecule has 0 atom stereocenters. The van der Waals surface area contributed by atoms with Crippen LogP contribution >= 0.6 is 0 Å². The van der Waals surface area contributed by atoms with Crippen molar-refractivity contribution < 1.29 is 8.85 Å². The van der Waals surface area contributed by atoms with E-state index in [1.54, 1.807) is 0 Å². The molecule has 35 heavy (non-hydrogen) atoms. The molecule has 0 heterocycles. The SMILES string of the molecule is C[Si](C)(C)Oc1ccc(C2(c3ccc(O[Si](C)(C)C)cc3)c3ccccc3-c3ccccc32)cc1. The molecular weight excluding hydrogens is 461 g/mol. The first-order chi connectivity index (χ1) is 16.6.